The van der Waals surface area contributed by atoms with E-state index in [1.54, 1.807) is 0 Å². The maximum atomic E-state index is 10.5. The van der Waals surface area contributed by atoms with Gasteiger partial charge in [-0.3, -0.25) is 4.79 Å². The zero-order chi connectivity index (χ0) is 20.1. The van der Waals surface area contributed by atoms with Gasteiger partial charge in [-0.05, 0) is 55.2 Å². The molecule has 0 bridgehead atoms. The second-order valence-electron chi connectivity index (χ2n) is 8.83. The van der Waals surface area contributed by atoms with Crippen LogP contribution < -0.4 is 10.1 Å². The average Bonchev–Trinajstić information content (AvgIpc) is 2.65. The number of carboxylic acids is 1. The summed E-state index contributed by atoms with van der Waals surface area (Å²) in [6.07, 6.45) is 5.03. The molecule has 1 aromatic carbocycles. The summed E-state index contributed by atoms with van der Waals surface area (Å²) in [6.45, 7) is 7.91. The van der Waals surface area contributed by atoms with E-state index in [4.69, 9.17) is 9.84 Å². The molecule has 0 unspecified atom stereocenters. The molecule has 6 heteroatoms. The number of carboxylic acid groups (broad SMARTS) is 1. The summed E-state index contributed by atoms with van der Waals surface area (Å²) in [5, 5.41) is 21.3. The monoisotopic (exact) mass is 385 g/mol. The fourth-order valence-corrected chi connectivity index (χ4v) is 3.87. The molecule has 0 radical (unpaired) electrons. The van der Waals surface area contributed by atoms with Crippen LogP contribution in [0.2, 0.25) is 0 Å². The molecule has 3 rings (SSSR count). The maximum Gasteiger partial charge on any atom is 0.304 e. The first kappa shape index (κ1) is 20.5. The minimum atomic E-state index is -0.809. The van der Waals surface area contributed by atoms with Gasteiger partial charge in [-0.1, -0.05) is 20.8 Å². The van der Waals surface area contributed by atoms with Crippen molar-refractivity contribution in [3.63, 3.8) is 0 Å². The molecule has 1 fully saturated rings. The molecule has 1 saturated carbocycles. The van der Waals surface area contributed by atoms with Crippen LogP contribution >= 0.6 is 0 Å². The molecule has 0 atom stereocenters. The summed E-state index contributed by atoms with van der Waals surface area (Å²) in [7, 11) is 0. The van der Waals surface area contributed by atoms with E-state index >= 15 is 0 Å². The van der Waals surface area contributed by atoms with Gasteiger partial charge in [0, 0.05) is 24.5 Å². The van der Waals surface area contributed by atoms with Gasteiger partial charge in [0.05, 0.1) is 23.7 Å². The fraction of sp³-hybridized carbons (Fsp3) is 0.591. The Labute approximate surface area is 166 Å². The van der Waals surface area contributed by atoms with E-state index < -0.39 is 5.97 Å². The lowest BCUT2D eigenvalue weighted by atomic mass is 9.72. The predicted molar refractivity (Wildman–Crippen MR) is 109 cm³/mol. The summed E-state index contributed by atoms with van der Waals surface area (Å²) in [4.78, 5) is 10.5. The third-order valence-electron chi connectivity index (χ3n) is 5.63. The van der Waals surface area contributed by atoms with Crippen LogP contribution in [0.3, 0.4) is 0 Å². The first-order valence-electron chi connectivity index (χ1n) is 10.2. The van der Waals surface area contributed by atoms with Gasteiger partial charge < -0.3 is 15.2 Å². The van der Waals surface area contributed by atoms with Crippen molar-refractivity contribution < 1.29 is 14.6 Å². The molecule has 1 aliphatic rings. The minimum absolute atomic E-state index is 0.0966. The van der Waals surface area contributed by atoms with Crippen molar-refractivity contribution in [2.75, 3.05) is 6.54 Å². The Balaban J connectivity index is 1.56. The number of benzene rings is 1. The number of aliphatic carboxylic acids is 1. The molecule has 0 aliphatic heterocycles. The van der Waals surface area contributed by atoms with Crippen LogP contribution in [0.5, 0.6) is 5.75 Å². The number of fused-ring (bicyclic) bond motifs is 1. The molecule has 1 heterocycles. The van der Waals surface area contributed by atoms with Gasteiger partial charge in [-0.15, -0.1) is 0 Å². The second kappa shape index (κ2) is 8.86. The summed E-state index contributed by atoms with van der Waals surface area (Å²) in [6, 6.07) is 7.95. The van der Waals surface area contributed by atoms with Crippen molar-refractivity contribution in [1.82, 2.24) is 15.5 Å². The number of ether oxygens (including phenoxy) is 1. The van der Waals surface area contributed by atoms with Crippen LogP contribution in [0.25, 0.3) is 10.9 Å². The lowest BCUT2D eigenvalue weighted by molar-refractivity contribution is -0.136. The Morgan fingerprint density at radius 1 is 1.18 bits per heavy atom. The molecule has 0 amide bonds. The third-order valence-corrected chi connectivity index (χ3v) is 5.63. The van der Waals surface area contributed by atoms with Gasteiger partial charge >= 0.3 is 5.97 Å². The van der Waals surface area contributed by atoms with Crippen LogP contribution in [0.1, 0.15) is 58.6 Å². The van der Waals surface area contributed by atoms with Gasteiger partial charge in [0.25, 0.3) is 0 Å². The molecule has 1 aromatic heterocycles. The van der Waals surface area contributed by atoms with E-state index in [9.17, 15) is 4.79 Å². The second-order valence-corrected chi connectivity index (χ2v) is 8.83. The highest BCUT2D eigenvalue weighted by Crippen LogP contribution is 2.38. The zero-order valence-electron chi connectivity index (χ0n) is 17.1. The molecule has 28 heavy (non-hydrogen) atoms. The highest BCUT2D eigenvalue weighted by molar-refractivity contribution is 5.79. The largest absolute Gasteiger partial charge is 0.490 e. The molecule has 0 spiro atoms. The Bertz CT molecular complexity index is 808. The van der Waals surface area contributed by atoms with Crippen LogP contribution in [0.4, 0.5) is 0 Å². The number of hydrogen-bond donors (Lipinski definition) is 2. The smallest absolute Gasteiger partial charge is 0.304 e. The first-order valence-corrected chi connectivity index (χ1v) is 10.2. The Hall–Kier alpha value is -2.21. The van der Waals surface area contributed by atoms with E-state index in [0.29, 0.717) is 18.5 Å². The predicted octanol–water partition coefficient (Wildman–Crippen LogP) is 4.18. The number of rotatable bonds is 7. The van der Waals surface area contributed by atoms with Crippen molar-refractivity contribution in [3.8, 4) is 5.75 Å². The number of carbonyl (C=O) groups is 1. The average molecular weight is 386 g/mol. The summed E-state index contributed by atoms with van der Waals surface area (Å²) < 4.78 is 6.22. The highest BCUT2D eigenvalue weighted by atomic mass is 16.5. The van der Waals surface area contributed by atoms with E-state index in [0.717, 1.165) is 41.1 Å². The van der Waals surface area contributed by atoms with Crippen LogP contribution in [0.15, 0.2) is 24.3 Å². The number of aromatic nitrogens is 2. The quantitative estimate of drug-likeness (QED) is 0.696. The van der Waals surface area contributed by atoms with Crippen molar-refractivity contribution in [2.45, 2.75) is 65.5 Å². The van der Waals surface area contributed by atoms with Gasteiger partial charge in [0.15, 0.2) is 0 Å². The Morgan fingerprint density at radius 3 is 2.61 bits per heavy atom. The normalized spacial score (nSPS) is 20.2. The van der Waals surface area contributed by atoms with Crippen LogP contribution in [-0.2, 0) is 11.3 Å². The zero-order valence-corrected chi connectivity index (χ0v) is 17.1. The Morgan fingerprint density at radius 2 is 1.93 bits per heavy atom. The van der Waals surface area contributed by atoms with E-state index in [-0.39, 0.29) is 12.5 Å². The van der Waals surface area contributed by atoms with Gasteiger partial charge in [0.2, 0.25) is 0 Å². The molecule has 2 N–H and O–H groups in total. The molecular weight excluding hydrogens is 354 g/mol. The lowest BCUT2D eigenvalue weighted by Gasteiger charge is -2.36. The SMILES string of the molecule is CC(C)(C)C1CCC(Oc2ccc3cc(CNCCC(=O)O)nnc3c2)CC1. The highest BCUT2D eigenvalue weighted by Gasteiger charge is 2.30. The number of nitrogens with zero attached hydrogens (tertiary/aromatic N) is 2. The van der Waals surface area contributed by atoms with Crippen LogP contribution in [0, 0.1) is 11.3 Å². The molecule has 1 aliphatic carbocycles. The number of nitrogens with one attached hydrogen (secondary N) is 1. The van der Waals surface area contributed by atoms with Crippen molar-refractivity contribution >= 4 is 16.9 Å². The van der Waals surface area contributed by atoms with Crippen molar-refractivity contribution in [3.05, 3.63) is 30.0 Å². The molecular formula is C22H31N3O3. The molecule has 0 saturated heterocycles. The third kappa shape index (κ3) is 5.64. The summed E-state index contributed by atoms with van der Waals surface area (Å²) >= 11 is 0. The fourth-order valence-electron chi connectivity index (χ4n) is 3.87. The standard InChI is InChI=1S/C22H31N3O3/c1-22(2,3)16-5-8-18(9-6-16)28-19-7-4-15-12-17(24-25-20(15)13-19)14-23-11-10-21(26)27/h4,7,12-13,16,18,23H,5-6,8-11,14H2,1-3H3,(H,26,27). The molecule has 2 aromatic rings. The van der Waals surface area contributed by atoms with E-state index in [1.807, 2.05) is 24.3 Å². The minimum Gasteiger partial charge on any atom is -0.490 e. The Kier molecular flexibility index (Phi) is 6.50. The number of hydrogen-bond acceptors (Lipinski definition) is 5. The summed E-state index contributed by atoms with van der Waals surface area (Å²) in [5.41, 5.74) is 1.99. The van der Waals surface area contributed by atoms with Crippen molar-refractivity contribution in [1.29, 1.82) is 0 Å². The first-order chi connectivity index (χ1) is 13.3. The topological polar surface area (TPSA) is 84.3 Å². The molecule has 6 nitrogen and oxygen atoms in total. The van der Waals surface area contributed by atoms with Crippen LogP contribution in [-0.4, -0.2) is 33.9 Å². The lowest BCUT2D eigenvalue weighted by Crippen LogP contribution is -2.30. The van der Waals surface area contributed by atoms with Crippen molar-refractivity contribution in [2.24, 2.45) is 11.3 Å². The maximum absolute atomic E-state index is 10.5. The van der Waals surface area contributed by atoms with E-state index in [2.05, 4.69) is 36.3 Å². The van der Waals surface area contributed by atoms with Gasteiger partial charge in [-0.25, -0.2) is 0 Å². The van der Waals surface area contributed by atoms with Gasteiger partial charge in [-0.2, -0.15) is 10.2 Å². The summed E-state index contributed by atoms with van der Waals surface area (Å²) in [5.74, 6) is 0.821. The molecule has 152 valence electrons. The van der Waals surface area contributed by atoms with Gasteiger partial charge in [0.1, 0.15) is 5.75 Å². The van der Waals surface area contributed by atoms with E-state index in [1.165, 1.54) is 12.8 Å².